The third-order valence-electron chi connectivity index (χ3n) is 4.37. The van der Waals surface area contributed by atoms with Gasteiger partial charge in [-0.25, -0.2) is 0 Å². The monoisotopic (exact) mass is 358 g/mol. The smallest absolute Gasteiger partial charge is 0.0958 e. The molecule has 0 radical (unpaired) electrons. The van der Waals surface area contributed by atoms with E-state index in [1.54, 1.807) is 0 Å². The lowest BCUT2D eigenvalue weighted by atomic mass is 10.1. The first-order valence-corrected chi connectivity index (χ1v) is 8.99. The molecule has 2 nitrogen and oxygen atoms in total. The van der Waals surface area contributed by atoms with Crippen LogP contribution in [-0.2, 0) is 0 Å². The summed E-state index contributed by atoms with van der Waals surface area (Å²) in [5.41, 5.74) is 8.06. The molecule has 0 aliphatic carbocycles. The van der Waals surface area contributed by atoms with Crippen molar-refractivity contribution < 1.29 is 0 Å². The van der Waals surface area contributed by atoms with Gasteiger partial charge in [0.2, 0.25) is 0 Å². The fraction of sp³-hybridized carbons (Fsp3) is 0.0435. The second-order valence-electron chi connectivity index (χ2n) is 6.18. The molecule has 3 aromatic rings. The number of benzene rings is 3. The van der Waals surface area contributed by atoms with Crippen molar-refractivity contribution in [3.8, 4) is 0 Å². The standard InChI is InChI=1S/C23H19ClN2/c24-20-12-15-22(16-13-20)26-23(19-9-5-2-6-10-19)17-21(25-26)14-11-18-7-3-1-4-8-18/h1-17,23,25H/b14-11+/t23-/m0/s1. The summed E-state index contributed by atoms with van der Waals surface area (Å²) in [6.07, 6.45) is 6.47. The van der Waals surface area contributed by atoms with Crippen LogP contribution in [0.5, 0.6) is 0 Å². The van der Waals surface area contributed by atoms with Gasteiger partial charge in [-0.15, -0.1) is 0 Å². The summed E-state index contributed by atoms with van der Waals surface area (Å²) in [4.78, 5) is 0. The van der Waals surface area contributed by atoms with Crippen molar-refractivity contribution in [3.63, 3.8) is 0 Å². The van der Waals surface area contributed by atoms with E-state index in [1.165, 1.54) is 11.1 Å². The van der Waals surface area contributed by atoms with Crippen molar-refractivity contribution >= 4 is 23.4 Å². The highest BCUT2D eigenvalue weighted by Crippen LogP contribution is 2.32. The Labute approximate surface area is 159 Å². The Bertz CT molecular complexity index is 915. The van der Waals surface area contributed by atoms with E-state index in [4.69, 9.17) is 11.6 Å². The second kappa shape index (κ2) is 7.51. The minimum absolute atomic E-state index is 0.118. The van der Waals surface area contributed by atoms with Crippen LogP contribution in [0.1, 0.15) is 17.2 Å². The number of anilines is 1. The number of allylic oxidation sites excluding steroid dienone is 1. The Kier molecular flexibility index (Phi) is 4.76. The summed E-state index contributed by atoms with van der Waals surface area (Å²) >= 11 is 6.05. The molecule has 0 fully saturated rings. The zero-order valence-corrected chi connectivity index (χ0v) is 15.0. The van der Waals surface area contributed by atoms with Crippen LogP contribution in [0.15, 0.2) is 103 Å². The Balaban J connectivity index is 1.64. The van der Waals surface area contributed by atoms with E-state index in [9.17, 15) is 0 Å². The number of hydrogen-bond donors (Lipinski definition) is 1. The van der Waals surface area contributed by atoms with Crippen LogP contribution < -0.4 is 10.4 Å². The Morgan fingerprint density at radius 3 is 2.12 bits per heavy atom. The summed E-state index contributed by atoms with van der Waals surface area (Å²) in [5, 5.41) is 2.90. The highest BCUT2D eigenvalue weighted by Gasteiger charge is 2.25. The van der Waals surface area contributed by atoms with Crippen LogP contribution in [0.2, 0.25) is 5.02 Å². The Morgan fingerprint density at radius 1 is 0.769 bits per heavy atom. The molecular formula is C23H19ClN2. The quantitative estimate of drug-likeness (QED) is 0.615. The molecule has 3 aromatic carbocycles. The maximum absolute atomic E-state index is 6.05. The third-order valence-corrected chi connectivity index (χ3v) is 4.62. The van der Waals surface area contributed by atoms with Gasteiger partial charge in [-0.2, -0.15) is 0 Å². The average Bonchev–Trinajstić information content (AvgIpc) is 3.13. The van der Waals surface area contributed by atoms with Crippen LogP contribution >= 0.6 is 11.6 Å². The van der Waals surface area contributed by atoms with Crippen molar-refractivity contribution in [3.05, 3.63) is 119 Å². The number of nitrogens with zero attached hydrogens (tertiary/aromatic N) is 1. The lowest BCUT2D eigenvalue weighted by molar-refractivity contribution is 0.710. The first-order chi connectivity index (χ1) is 12.8. The van der Waals surface area contributed by atoms with Crippen molar-refractivity contribution in [1.82, 2.24) is 5.43 Å². The van der Waals surface area contributed by atoms with Gasteiger partial charge in [0.15, 0.2) is 0 Å². The first kappa shape index (κ1) is 16.5. The van der Waals surface area contributed by atoms with Gasteiger partial charge in [0.25, 0.3) is 0 Å². The van der Waals surface area contributed by atoms with E-state index in [-0.39, 0.29) is 6.04 Å². The molecule has 1 N–H and O–H groups in total. The number of rotatable bonds is 4. The molecule has 0 bridgehead atoms. The van der Waals surface area contributed by atoms with Gasteiger partial charge >= 0.3 is 0 Å². The van der Waals surface area contributed by atoms with E-state index in [2.05, 4.69) is 65.1 Å². The maximum Gasteiger partial charge on any atom is 0.0958 e. The van der Waals surface area contributed by atoms with Gasteiger partial charge in [0.05, 0.1) is 17.4 Å². The molecule has 0 saturated heterocycles. The maximum atomic E-state index is 6.05. The molecule has 4 rings (SSSR count). The summed E-state index contributed by atoms with van der Waals surface area (Å²) in [5.74, 6) is 0. The molecule has 1 aliphatic rings. The fourth-order valence-electron chi connectivity index (χ4n) is 3.06. The molecule has 1 heterocycles. The zero-order valence-electron chi connectivity index (χ0n) is 14.2. The highest BCUT2D eigenvalue weighted by molar-refractivity contribution is 6.30. The number of halogens is 1. The van der Waals surface area contributed by atoms with Crippen molar-refractivity contribution in [2.75, 3.05) is 5.01 Å². The average molecular weight is 359 g/mol. The van der Waals surface area contributed by atoms with Gasteiger partial charge < -0.3 is 0 Å². The van der Waals surface area contributed by atoms with Gasteiger partial charge in [0.1, 0.15) is 0 Å². The number of hydrogen-bond acceptors (Lipinski definition) is 2. The van der Waals surface area contributed by atoms with E-state index in [0.717, 1.165) is 16.4 Å². The largest absolute Gasteiger partial charge is 0.298 e. The SMILES string of the molecule is Clc1ccc(N2NC(/C=C/c3ccccc3)=C[C@H]2c2ccccc2)cc1. The summed E-state index contributed by atoms with van der Waals surface area (Å²) < 4.78 is 0. The molecule has 26 heavy (non-hydrogen) atoms. The van der Waals surface area contributed by atoms with Crippen LogP contribution in [0, 0.1) is 0 Å². The molecule has 0 amide bonds. The van der Waals surface area contributed by atoms with Crippen LogP contribution in [0.3, 0.4) is 0 Å². The zero-order chi connectivity index (χ0) is 17.8. The topological polar surface area (TPSA) is 15.3 Å². The lowest BCUT2D eigenvalue weighted by Gasteiger charge is -2.27. The fourth-order valence-corrected chi connectivity index (χ4v) is 3.18. The van der Waals surface area contributed by atoms with Gasteiger partial charge in [0, 0.05) is 5.02 Å². The van der Waals surface area contributed by atoms with E-state index in [1.807, 2.05) is 48.5 Å². The molecule has 0 saturated carbocycles. The predicted octanol–water partition coefficient (Wildman–Crippen LogP) is 6.00. The molecular weight excluding hydrogens is 340 g/mol. The summed E-state index contributed by atoms with van der Waals surface area (Å²) in [7, 11) is 0. The van der Waals surface area contributed by atoms with E-state index < -0.39 is 0 Å². The number of nitrogens with one attached hydrogen (secondary N) is 1. The van der Waals surface area contributed by atoms with Crippen molar-refractivity contribution in [2.45, 2.75) is 6.04 Å². The molecule has 1 aliphatic heterocycles. The highest BCUT2D eigenvalue weighted by atomic mass is 35.5. The van der Waals surface area contributed by atoms with Crippen LogP contribution in [0.25, 0.3) is 6.08 Å². The van der Waals surface area contributed by atoms with Crippen LogP contribution in [0.4, 0.5) is 5.69 Å². The van der Waals surface area contributed by atoms with E-state index >= 15 is 0 Å². The minimum atomic E-state index is 0.118. The van der Waals surface area contributed by atoms with E-state index in [0.29, 0.717) is 0 Å². The minimum Gasteiger partial charge on any atom is -0.298 e. The van der Waals surface area contributed by atoms with Gasteiger partial charge in [-0.1, -0.05) is 78.3 Å². The van der Waals surface area contributed by atoms with Crippen molar-refractivity contribution in [1.29, 1.82) is 0 Å². The number of hydrazine groups is 1. The summed E-state index contributed by atoms with van der Waals surface area (Å²) in [6, 6.07) is 28.8. The first-order valence-electron chi connectivity index (χ1n) is 8.61. The lowest BCUT2D eigenvalue weighted by Crippen LogP contribution is -2.33. The Hall–Kier alpha value is -2.97. The normalized spacial score (nSPS) is 16.6. The predicted molar refractivity (Wildman–Crippen MR) is 110 cm³/mol. The molecule has 1 atom stereocenters. The van der Waals surface area contributed by atoms with Gasteiger partial charge in [-0.3, -0.25) is 10.4 Å². The molecule has 0 aromatic heterocycles. The molecule has 128 valence electrons. The van der Waals surface area contributed by atoms with Gasteiger partial charge in [-0.05, 0) is 47.5 Å². The molecule has 0 unspecified atom stereocenters. The molecule has 3 heteroatoms. The third kappa shape index (κ3) is 3.66. The van der Waals surface area contributed by atoms with Crippen LogP contribution in [-0.4, -0.2) is 0 Å². The van der Waals surface area contributed by atoms with Crippen molar-refractivity contribution in [2.24, 2.45) is 0 Å². The molecule has 0 spiro atoms. The Morgan fingerprint density at radius 2 is 1.42 bits per heavy atom. The second-order valence-corrected chi connectivity index (χ2v) is 6.62. The summed E-state index contributed by atoms with van der Waals surface area (Å²) in [6.45, 7) is 0.